The van der Waals surface area contributed by atoms with Gasteiger partial charge in [-0.25, -0.2) is 0 Å². The Morgan fingerprint density at radius 3 is 2.71 bits per heavy atom. The Balaban J connectivity index is 2.35. The van der Waals surface area contributed by atoms with Gasteiger partial charge in [-0.3, -0.25) is 9.59 Å². The van der Waals surface area contributed by atoms with E-state index in [1.165, 1.54) is 0 Å². The highest BCUT2D eigenvalue weighted by Gasteiger charge is 2.23. The number of hydrogen-bond acceptors (Lipinski definition) is 2. The van der Waals surface area contributed by atoms with Gasteiger partial charge in [0.2, 0.25) is 11.8 Å². The van der Waals surface area contributed by atoms with Gasteiger partial charge in [-0.05, 0) is 18.8 Å². The van der Waals surface area contributed by atoms with Crippen molar-refractivity contribution in [2.45, 2.75) is 40.0 Å². The molecule has 0 aromatic rings. The van der Waals surface area contributed by atoms with Crippen molar-refractivity contribution in [1.29, 1.82) is 0 Å². The first kappa shape index (κ1) is 14.0. The van der Waals surface area contributed by atoms with E-state index in [2.05, 4.69) is 5.32 Å². The van der Waals surface area contributed by atoms with Gasteiger partial charge in [0.25, 0.3) is 0 Å². The molecular formula is C13H24N2O2. The average molecular weight is 240 g/mol. The van der Waals surface area contributed by atoms with Gasteiger partial charge in [0.1, 0.15) is 0 Å². The zero-order valence-electron chi connectivity index (χ0n) is 11.2. The Labute approximate surface area is 104 Å². The molecule has 1 rings (SSSR count). The Morgan fingerprint density at radius 1 is 1.41 bits per heavy atom. The van der Waals surface area contributed by atoms with Crippen molar-refractivity contribution in [3.63, 3.8) is 0 Å². The number of piperidine rings is 1. The van der Waals surface area contributed by atoms with E-state index in [0.29, 0.717) is 18.9 Å². The monoisotopic (exact) mass is 240 g/mol. The third kappa shape index (κ3) is 4.36. The van der Waals surface area contributed by atoms with Crippen molar-refractivity contribution in [2.75, 3.05) is 19.6 Å². The smallest absolute Gasteiger partial charge is 0.222 e. The third-order valence-electron chi connectivity index (χ3n) is 3.26. The molecule has 2 amide bonds. The van der Waals surface area contributed by atoms with Gasteiger partial charge in [0.15, 0.2) is 0 Å². The first-order valence-electron chi connectivity index (χ1n) is 6.60. The van der Waals surface area contributed by atoms with Crippen LogP contribution in [0.3, 0.4) is 0 Å². The lowest BCUT2D eigenvalue weighted by Crippen LogP contribution is -2.44. The number of likely N-dealkylation sites (tertiary alicyclic amines) is 1. The van der Waals surface area contributed by atoms with Crippen molar-refractivity contribution in [3.8, 4) is 0 Å². The number of amides is 2. The second-order valence-electron chi connectivity index (χ2n) is 5.10. The Kier molecular flexibility index (Phi) is 5.45. The molecule has 0 bridgehead atoms. The normalized spacial score (nSPS) is 20.5. The van der Waals surface area contributed by atoms with Crippen LogP contribution in [0, 0.1) is 11.8 Å². The summed E-state index contributed by atoms with van der Waals surface area (Å²) in [4.78, 5) is 25.0. The number of carbonyl (C=O) groups excluding carboxylic acids is 2. The highest BCUT2D eigenvalue weighted by Crippen LogP contribution is 2.16. The third-order valence-corrected chi connectivity index (χ3v) is 3.26. The molecule has 1 atom stereocenters. The van der Waals surface area contributed by atoms with E-state index in [9.17, 15) is 9.59 Å². The van der Waals surface area contributed by atoms with Crippen LogP contribution >= 0.6 is 0 Å². The van der Waals surface area contributed by atoms with E-state index >= 15 is 0 Å². The second kappa shape index (κ2) is 6.62. The van der Waals surface area contributed by atoms with Crippen molar-refractivity contribution in [3.05, 3.63) is 0 Å². The maximum Gasteiger partial charge on any atom is 0.222 e. The molecule has 0 aliphatic carbocycles. The SMILES string of the molecule is CCC(=O)N1CCCC(CNC(=O)C(C)C)C1. The molecule has 1 aliphatic rings. The molecule has 1 saturated heterocycles. The summed E-state index contributed by atoms with van der Waals surface area (Å²) >= 11 is 0. The zero-order chi connectivity index (χ0) is 12.8. The predicted molar refractivity (Wildman–Crippen MR) is 67.4 cm³/mol. The highest BCUT2D eigenvalue weighted by atomic mass is 16.2. The van der Waals surface area contributed by atoms with Crippen molar-refractivity contribution in [1.82, 2.24) is 10.2 Å². The molecule has 0 aromatic carbocycles. The molecule has 1 aliphatic heterocycles. The molecule has 4 heteroatoms. The van der Waals surface area contributed by atoms with Crippen LogP contribution in [0.5, 0.6) is 0 Å². The van der Waals surface area contributed by atoms with Gasteiger partial charge in [0, 0.05) is 32.0 Å². The van der Waals surface area contributed by atoms with Gasteiger partial charge in [-0.1, -0.05) is 20.8 Å². The lowest BCUT2D eigenvalue weighted by atomic mass is 9.97. The number of hydrogen-bond donors (Lipinski definition) is 1. The number of nitrogens with one attached hydrogen (secondary N) is 1. The zero-order valence-corrected chi connectivity index (χ0v) is 11.2. The molecule has 1 N–H and O–H groups in total. The molecule has 0 spiro atoms. The molecule has 98 valence electrons. The number of nitrogens with zero attached hydrogens (tertiary/aromatic N) is 1. The van der Waals surface area contributed by atoms with E-state index < -0.39 is 0 Å². The Bertz CT molecular complexity index is 277. The molecule has 0 saturated carbocycles. The first-order valence-corrected chi connectivity index (χ1v) is 6.60. The van der Waals surface area contributed by atoms with Gasteiger partial charge in [0.05, 0.1) is 0 Å². The van der Waals surface area contributed by atoms with Crippen LogP contribution < -0.4 is 5.32 Å². The average Bonchev–Trinajstić information content (AvgIpc) is 2.35. The molecule has 0 aromatic heterocycles. The van der Waals surface area contributed by atoms with Crippen LogP contribution in [0.1, 0.15) is 40.0 Å². The minimum Gasteiger partial charge on any atom is -0.356 e. The summed E-state index contributed by atoms with van der Waals surface area (Å²) in [7, 11) is 0. The minimum absolute atomic E-state index is 0.0342. The maximum absolute atomic E-state index is 11.6. The highest BCUT2D eigenvalue weighted by molar-refractivity contribution is 5.78. The minimum atomic E-state index is 0.0342. The van der Waals surface area contributed by atoms with Crippen molar-refractivity contribution < 1.29 is 9.59 Å². The summed E-state index contributed by atoms with van der Waals surface area (Å²) in [6.45, 7) is 8.05. The second-order valence-corrected chi connectivity index (χ2v) is 5.10. The summed E-state index contributed by atoms with van der Waals surface area (Å²) in [6, 6.07) is 0. The van der Waals surface area contributed by atoms with Crippen LogP contribution in [0.4, 0.5) is 0 Å². The van der Waals surface area contributed by atoms with Crippen molar-refractivity contribution in [2.24, 2.45) is 11.8 Å². The predicted octanol–water partition coefficient (Wildman–Crippen LogP) is 1.41. The lowest BCUT2D eigenvalue weighted by molar-refractivity contribution is -0.132. The van der Waals surface area contributed by atoms with Gasteiger partial charge in [-0.2, -0.15) is 0 Å². The largest absolute Gasteiger partial charge is 0.356 e. The van der Waals surface area contributed by atoms with Crippen LogP contribution in [0.2, 0.25) is 0 Å². The fraction of sp³-hybridized carbons (Fsp3) is 0.846. The van der Waals surface area contributed by atoms with Gasteiger partial charge in [-0.15, -0.1) is 0 Å². The molecule has 1 fully saturated rings. The topological polar surface area (TPSA) is 49.4 Å². The quantitative estimate of drug-likeness (QED) is 0.807. The summed E-state index contributed by atoms with van der Waals surface area (Å²) < 4.78 is 0. The molecule has 1 unspecified atom stereocenters. The summed E-state index contributed by atoms with van der Waals surface area (Å²) in [6.07, 6.45) is 2.73. The fourth-order valence-corrected chi connectivity index (χ4v) is 2.13. The Hall–Kier alpha value is -1.06. The van der Waals surface area contributed by atoms with E-state index in [0.717, 1.165) is 25.9 Å². The van der Waals surface area contributed by atoms with Crippen molar-refractivity contribution >= 4 is 11.8 Å². The molecule has 1 heterocycles. The lowest BCUT2D eigenvalue weighted by Gasteiger charge is -2.32. The van der Waals surface area contributed by atoms with E-state index in [-0.39, 0.29) is 17.7 Å². The molecule has 17 heavy (non-hydrogen) atoms. The standard InChI is InChI=1S/C13H24N2O2/c1-4-12(16)15-7-5-6-11(9-15)8-14-13(17)10(2)3/h10-11H,4-9H2,1-3H3,(H,14,17). The van der Waals surface area contributed by atoms with Gasteiger partial charge >= 0.3 is 0 Å². The fourth-order valence-electron chi connectivity index (χ4n) is 2.13. The van der Waals surface area contributed by atoms with Crippen LogP contribution in [0.25, 0.3) is 0 Å². The van der Waals surface area contributed by atoms with E-state index in [4.69, 9.17) is 0 Å². The molecule has 4 nitrogen and oxygen atoms in total. The van der Waals surface area contributed by atoms with Crippen LogP contribution in [-0.2, 0) is 9.59 Å². The van der Waals surface area contributed by atoms with E-state index in [1.807, 2.05) is 25.7 Å². The van der Waals surface area contributed by atoms with Gasteiger partial charge < -0.3 is 10.2 Å². The number of rotatable bonds is 4. The first-order chi connectivity index (χ1) is 8.04. The summed E-state index contributed by atoms with van der Waals surface area (Å²) in [5, 5.41) is 2.95. The Morgan fingerprint density at radius 2 is 2.12 bits per heavy atom. The summed E-state index contributed by atoms with van der Waals surface area (Å²) in [5.41, 5.74) is 0. The summed E-state index contributed by atoms with van der Waals surface area (Å²) in [5.74, 6) is 0.780. The number of carbonyl (C=O) groups is 2. The van der Waals surface area contributed by atoms with E-state index in [1.54, 1.807) is 0 Å². The molecule has 0 radical (unpaired) electrons. The van der Waals surface area contributed by atoms with Crippen LogP contribution in [0.15, 0.2) is 0 Å². The molecular weight excluding hydrogens is 216 g/mol. The maximum atomic E-state index is 11.6. The van der Waals surface area contributed by atoms with Crippen LogP contribution in [-0.4, -0.2) is 36.3 Å².